The van der Waals surface area contributed by atoms with E-state index in [-0.39, 0.29) is 24.2 Å². The summed E-state index contributed by atoms with van der Waals surface area (Å²) in [6.45, 7) is 8.66. The van der Waals surface area contributed by atoms with E-state index in [4.69, 9.17) is 4.74 Å². The van der Waals surface area contributed by atoms with Crippen molar-refractivity contribution in [2.24, 2.45) is 0 Å². The monoisotopic (exact) mass is 484 g/mol. The number of halogens is 1. The lowest BCUT2D eigenvalue weighted by molar-refractivity contribution is -0.139. The highest BCUT2D eigenvalue weighted by atomic mass is 19.1. The van der Waals surface area contributed by atoms with Gasteiger partial charge in [-0.05, 0) is 42.8 Å². The predicted molar refractivity (Wildman–Crippen MR) is 130 cm³/mol. The second-order valence-electron chi connectivity index (χ2n) is 8.90. The maximum atomic E-state index is 13.2. The molecule has 10 heteroatoms. The van der Waals surface area contributed by atoms with Gasteiger partial charge < -0.3 is 19.4 Å². The molecule has 2 amide bonds. The molecule has 35 heavy (non-hydrogen) atoms. The second kappa shape index (κ2) is 12.0. The molecule has 2 fully saturated rings. The summed E-state index contributed by atoms with van der Waals surface area (Å²) in [7, 11) is 0. The molecule has 1 aromatic carbocycles. The summed E-state index contributed by atoms with van der Waals surface area (Å²) >= 11 is 0. The molecule has 0 spiro atoms. The van der Waals surface area contributed by atoms with Crippen LogP contribution in [0.5, 0.6) is 0 Å². The maximum absolute atomic E-state index is 13.2. The Morgan fingerprint density at radius 3 is 2.43 bits per heavy atom. The van der Waals surface area contributed by atoms with Crippen molar-refractivity contribution in [2.45, 2.75) is 13.3 Å². The molecular formula is C25H33FN6O3. The van der Waals surface area contributed by atoms with Crippen molar-refractivity contribution < 1.29 is 18.7 Å². The molecule has 4 rings (SSSR count). The predicted octanol–water partition coefficient (Wildman–Crippen LogP) is 1.50. The third kappa shape index (κ3) is 6.95. The van der Waals surface area contributed by atoms with Gasteiger partial charge in [0.25, 0.3) is 0 Å². The van der Waals surface area contributed by atoms with Gasteiger partial charge in [0, 0.05) is 64.8 Å². The van der Waals surface area contributed by atoms with Crippen LogP contribution in [0.2, 0.25) is 0 Å². The van der Waals surface area contributed by atoms with E-state index in [1.54, 1.807) is 17.0 Å². The van der Waals surface area contributed by atoms with Crippen LogP contribution in [0.4, 0.5) is 10.2 Å². The van der Waals surface area contributed by atoms with Gasteiger partial charge >= 0.3 is 0 Å². The Morgan fingerprint density at radius 2 is 1.74 bits per heavy atom. The number of hydrogen-bond donors (Lipinski definition) is 0. The molecule has 1 aromatic heterocycles. The number of nitrogens with zero attached hydrogens (tertiary/aromatic N) is 6. The minimum Gasteiger partial charge on any atom is -0.379 e. The van der Waals surface area contributed by atoms with Gasteiger partial charge in [-0.1, -0.05) is 0 Å². The van der Waals surface area contributed by atoms with Crippen LogP contribution < -0.4 is 4.90 Å². The number of hydrogen-bond acceptors (Lipinski definition) is 7. The fourth-order valence-electron chi connectivity index (χ4n) is 4.36. The number of anilines is 1. The van der Waals surface area contributed by atoms with Crippen molar-refractivity contribution in [3.8, 4) is 11.3 Å². The van der Waals surface area contributed by atoms with E-state index in [0.717, 1.165) is 44.0 Å². The number of carbonyl (C=O) groups is 2. The van der Waals surface area contributed by atoms with Gasteiger partial charge in [-0.25, -0.2) is 4.39 Å². The number of amides is 2. The highest BCUT2D eigenvalue weighted by Gasteiger charge is 2.23. The van der Waals surface area contributed by atoms with Gasteiger partial charge in [-0.2, -0.15) is 0 Å². The molecule has 3 heterocycles. The standard InChI is InChI=1S/C25H33FN6O3/c1-20(33)32(12-11-29-15-17-35-18-16-29)19-25(34)31-10-2-9-30(13-14-31)24-8-7-23(27-28-24)21-3-5-22(26)6-4-21/h3-8H,2,9-19H2,1H3. The summed E-state index contributed by atoms with van der Waals surface area (Å²) in [6, 6.07) is 9.96. The molecule has 9 nitrogen and oxygen atoms in total. The quantitative estimate of drug-likeness (QED) is 0.589. The summed E-state index contributed by atoms with van der Waals surface area (Å²) in [5.41, 5.74) is 1.49. The lowest BCUT2D eigenvalue weighted by Gasteiger charge is -2.30. The Morgan fingerprint density at radius 1 is 0.971 bits per heavy atom. The fourth-order valence-corrected chi connectivity index (χ4v) is 4.36. The fraction of sp³-hybridized carbons (Fsp3) is 0.520. The Hall–Kier alpha value is -3.11. The van der Waals surface area contributed by atoms with Crippen molar-refractivity contribution in [1.82, 2.24) is 24.9 Å². The summed E-state index contributed by atoms with van der Waals surface area (Å²) in [5, 5.41) is 8.67. The van der Waals surface area contributed by atoms with Crippen molar-refractivity contribution >= 4 is 17.6 Å². The second-order valence-corrected chi connectivity index (χ2v) is 8.90. The first-order chi connectivity index (χ1) is 17.0. The Balaban J connectivity index is 1.29. The maximum Gasteiger partial charge on any atom is 0.242 e. The average Bonchev–Trinajstić information content (AvgIpc) is 3.14. The molecule has 0 aliphatic carbocycles. The normalized spacial score (nSPS) is 17.2. The van der Waals surface area contributed by atoms with Crippen molar-refractivity contribution in [3.63, 3.8) is 0 Å². The number of aromatic nitrogens is 2. The highest BCUT2D eigenvalue weighted by molar-refractivity contribution is 5.84. The number of benzene rings is 1. The topological polar surface area (TPSA) is 82.1 Å². The first-order valence-electron chi connectivity index (χ1n) is 12.2. The van der Waals surface area contributed by atoms with Crippen LogP contribution in [-0.4, -0.2) is 109 Å². The van der Waals surface area contributed by atoms with Crippen LogP contribution >= 0.6 is 0 Å². The Kier molecular flexibility index (Phi) is 8.59. The van der Waals surface area contributed by atoms with Crippen molar-refractivity contribution in [2.75, 3.05) is 77.0 Å². The summed E-state index contributed by atoms with van der Waals surface area (Å²) in [4.78, 5) is 33.0. The van der Waals surface area contributed by atoms with Crippen LogP contribution in [0, 0.1) is 5.82 Å². The van der Waals surface area contributed by atoms with E-state index in [1.807, 2.05) is 17.0 Å². The number of morpholine rings is 1. The van der Waals surface area contributed by atoms with Gasteiger partial charge in [0.05, 0.1) is 25.5 Å². The van der Waals surface area contributed by atoms with Crippen LogP contribution in [0.1, 0.15) is 13.3 Å². The lowest BCUT2D eigenvalue weighted by atomic mass is 10.1. The van der Waals surface area contributed by atoms with Gasteiger partial charge in [0.1, 0.15) is 5.82 Å². The summed E-state index contributed by atoms with van der Waals surface area (Å²) < 4.78 is 18.5. The number of ether oxygens (including phenoxy) is 1. The Labute approximate surface area is 205 Å². The molecule has 0 radical (unpaired) electrons. The minimum absolute atomic E-state index is 0.0261. The van der Waals surface area contributed by atoms with Crippen LogP contribution in [0.15, 0.2) is 36.4 Å². The molecule has 0 saturated carbocycles. The van der Waals surface area contributed by atoms with Crippen LogP contribution in [0.25, 0.3) is 11.3 Å². The molecule has 2 aliphatic rings. The summed E-state index contributed by atoms with van der Waals surface area (Å²) in [5.74, 6) is 0.355. The number of rotatable bonds is 7. The highest BCUT2D eigenvalue weighted by Crippen LogP contribution is 2.20. The molecule has 0 bridgehead atoms. The molecule has 2 aromatic rings. The minimum atomic E-state index is -0.287. The van der Waals surface area contributed by atoms with Crippen molar-refractivity contribution in [1.29, 1.82) is 0 Å². The van der Waals surface area contributed by atoms with Crippen molar-refractivity contribution in [3.05, 3.63) is 42.2 Å². The molecule has 2 aliphatic heterocycles. The Bertz CT molecular complexity index is 982. The van der Waals surface area contributed by atoms with Gasteiger partial charge in [0.2, 0.25) is 11.8 Å². The lowest BCUT2D eigenvalue weighted by Crippen LogP contribution is -2.47. The molecule has 0 N–H and O–H groups in total. The van der Waals surface area contributed by atoms with E-state index in [0.29, 0.717) is 45.1 Å². The van der Waals surface area contributed by atoms with E-state index >= 15 is 0 Å². The van der Waals surface area contributed by atoms with Gasteiger partial charge in [-0.15, -0.1) is 10.2 Å². The largest absolute Gasteiger partial charge is 0.379 e. The van der Waals surface area contributed by atoms with E-state index < -0.39 is 0 Å². The van der Waals surface area contributed by atoms with Gasteiger partial charge in [0.15, 0.2) is 5.82 Å². The number of carbonyl (C=O) groups excluding carboxylic acids is 2. The van der Waals surface area contributed by atoms with Gasteiger partial charge in [-0.3, -0.25) is 14.5 Å². The third-order valence-electron chi connectivity index (χ3n) is 6.52. The molecule has 188 valence electrons. The van der Waals surface area contributed by atoms with Crippen LogP contribution in [0.3, 0.4) is 0 Å². The first kappa shape index (κ1) is 25.0. The molecular weight excluding hydrogens is 451 g/mol. The molecule has 0 atom stereocenters. The third-order valence-corrected chi connectivity index (χ3v) is 6.52. The SMILES string of the molecule is CC(=O)N(CCN1CCOCC1)CC(=O)N1CCCN(c2ccc(-c3ccc(F)cc3)nn2)CC1. The van der Waals surface area contributed by atoms with Crippen LogP contribution in [-0.2, 0) is 14.3 Å². The van der Waals surface area contributed by atoms with E-state index in [9.17, 15) is 14.0 Å². The average molecular weight is 485 g/mol. The zero-order chi connectivity index (χ0) is 24.6. The smallest absolute Gasteiger partial charge is 0.242 e. The molecule has 0 unspecified atom stereocenters. The zero-order valence-corrected chi connectivity index (χ0v) is 20.2. The van der Waals surface area contributed by atoms with E-state index in [2.05, 4.69) is 20.0 Å². The van der Waals surface area contributed by atoms with E-state index in [1.165, 1.54) is 19.1 Å². The first-order valence-corrected chi connectivity index (χ1v) is 12.2. The zero-order valence-electron chi connectivity index (χ0n) is 20.2. The molecule has 2 saturated heterocycles. The summed E-state index contributed by atoms with van der Waals surface area (Å²) in [6.07, 6.45) is 0.807.